The van der Waals surface area contributed by atoms with Gasteiger partial charge in [0.25, 0.3) is 0 Å². The highest BCUT2D eigenvalue weighted by atomic mass is 19.1. The summed E-state index contributed by atoms with van der Waals surface area (Å²) >= 11 is 0. The fraction of sp³-hybridized carbons (Fsp3) is 0.600. The molecule has 0 aliphatic heterocycles. The summed E-state index contributed by atoms with van der Waals surface area (Å²) in [6, 6.07) is 2.68. The molecule has 0 saturated carbocycles. The van der Waals surface area contributed by atoms with Crippen molar-refractivity contribution in [2.75, 3.05) is 25.0 Å². The molecule has 1 aromatic rings. The molecule has 0 amide bonds. The summed E-state index contributed by atoms with van der Waals surface area (Å²) in [5.74, 6) is -0.717. The molecule has 0 spiro atoms. The molecule has 1 unspecified atom stereocenters. The highest BCUT2D eigenvalue weighted by Crippen LogP contribution is 2.24. The Labute approximate surface area is 119 Å². The van der Waals surface area contributed by atoms with Crippen LogP contribution in [0, 0.1) is 17.6 Å². The second-order valence-electron chi connectivity index (χ2n) is 5.66. The number of likely N-dealkylation sites (N-methyl/N-ethyl adjacent to an activating group) is 1. The van der Waals surface area contributed by atoms with Gasteiger partial charge in [0, 0.05) is 20.1 Å². The van der Waals surface area contributed by atoms with Crippen molar-refractivity contribution in [3.8, 4) is 0 Å². The summed E-state index contributed by atoms with van der Waals surface area (Å²) in [4.78, 5) is 1.39. The minimum Gasteiger partial charge on any atom is -0.392 e. The Morgan fingerprint density at radius 3 is 2.20 bits per heavy atom. The van der Waals surface area contributed by atoms with Crippen LogP contribution in [0.25, 0.3) is 0 Å². The predicted octanol–water partition coefficient (Wildman–Crippen LogP) is 2.53. The number of hydrogen-bond donors (Lipinski definition) is 2. The number of aliphatic hydroxyl groups is 1. The van der Waals surface area contributed by atoms with Crippen LogP contribution in [-0.4, -0.2) is 31.3 Å². The maximum Gasteiger partial charge on any atom is 0.149 e. The summed E-state index contributed by atoms with van der Waals surface area (Å²) in [5, 5.41) is 12.4. The SMILES string of the molecule is CC(C)CNCc1cc(F)c(N(C)CC(C)O)c(F)c1. The van der Waals surface area contributed by atoms with E-state index >= 15 is 0 Å². The second kappa shape index (κ2) is 7.55. The standard InChI is InChI=1S/C15H24F2N2O/c1-10(2)7-18-8-12-5-13(16)15(14(17)6-12)19(4)9-11(3)20/h5-6,10-11,18,20H,7-9H2,1-4H3. The first-order chi connectivity index (χ1) is 9.31. The Kier molecular flexibility index (Phi) is 6.36. The van der Waals surface area contributed by atoms with E-state index in [4.69, 9.17) is 0 Å². The van der Waals surface area contributed by atoms with Gasteiger partial charge in [0.2, 0.25) is 0 Å². The fourth-order valence-electron chi connectivity index (χ4n) is 2.08. The van der Waals surface area contributed by atoms with Gasteiger partial charge in [-0.2, -0.15) is 0 Å². The van der Waals surface area contributed by atoms with Crippen molar-refractivity contribution in [2.24, 2.45) is 5.92 Å². The van der Waals surface area contributed by atoms with Crippen LogP contribution in [0.15, 0.2) is 12.1 Å². The third-order valence-electron chi connectivity index (χ3n) is 2.88. The molecule has 0 aromatic heterocycles. The van der Waals surface area contributed by atoms with Gasteiger partial charge in [-0.05, 0) is 37.1 Å². The molecule has 0 heterocycles. The van der Waals surface area contributed by atoms with E-state index < -0.39 is 17.7 Å². The third-order valence-corrected chi connectivity index (χ3v) is 2.88. The molecule has 5 heteroatoms. The minimum atomic E-state index is -0.647. The average Bonchev–Trinajstić information content (AvgIpc) is 2.26. The predicted molar refractivity (Wildman–Crippen MR) is 77.9 cm³/mol. The van der Waals surface area contributed by atoms with Gasteiger partial charge in [0.05, 0.1) is 6.10 Å². The number of halogens is 2. The number of hydrogen-bond acceptors (Lipinski definition) is 3. The topological polar surface area (TPSA) is 35.5 Å². The number of nitrogens with zero attached hydrogens (tertiary/aromatic N) is 1. The van der Waals surface area contributed by atoms with Gasteiger partial charge in [0.15, 0.2) is 0 Å². The zero-order valence-corrected chi connectivity index (χ0v) is 12.6. The molecule has 1 aromatic carbocycles. The third kappa shape index (κ3) is 5.06. The first-order valence-electron chi connectivity index (χ1n) is 6.89. The molecule has 1 rings (SSSR count). The lowest BCUT2D eigenvalue weighted by molar-refractivity contribution is 0.201. The largest absolute Gasteiger partial charge is 0.392 e. The Balaban J connectivity index is 2.80. The van der Waals surface area contributed by atoms with E-state index in [-0.39, 0.29) is 12.2 Å². The Hall–Kier alpha value is -1.20. The van der Waals surface area contributed by atoms with E-state index in [1.54, 1.807) is 14.0 Å². The molecule has 2 N–H and O–H groups in total. The molecule has 114 valence electrons. The van der Waals surface area contributed by atoms with Crippen molar-refractivity contribution >= 4 is 5.69 Å². The number of nitrogens with one attached hydrogen (secondary N) is 1. The number of aliphatic hydroxyl groups excluding tert-OH is 1. The normalized spacial score (nSPS) is 12.8. The van der Waals surface area contributed by atoms with Crippen LogP contribution >= 0.6 is 0 Å². The Morgan fingerprint density at radius 1 is 1.20 bits per heavy atom. The van der Waals surface area contributed by atoms with Crippen LogP contribution in [0.5, 0.6) is 0 Å². The molecule has 0 aliphatic carbocycles. The van der Waals surface area contributed by atoms with Gasteiger partial charge >= 0.3 is 0 Å². The molecule has 0 saturated heterocycles. The lowest BCUT2D eigenvalue weighted by Crippen LogP contribution is -2.28. The van der Waals surface area contributed by atoms with E-state index in [9.17, 15) is 13.9 Å². The van der Waals surface area contributed by atoms with E-state index in [2.05, 4.69) is 19.2 Å². The van der Waals surface area contributed by atoms with E-state index in [0.717, 1.165) is 6.54 Å². The summed E-state index contributed by atoms with van der Waals surface area (Å²) < 4.78 is 28.0. The number of benzene rings is 1. The minimum absolute atomic E-state index is 0.0986. The molecule has 0 radical (unpaired) electrons. The van der Waals surface area contributed by atoms with Gasteiger partial charge in [-0.3, -0.25) is 0 Å². The van der Waals surface area contributed by atoms with Crippen molar-refractivity contribution in [2.45, 2.75) is 33.4 Å². The zero-order chi connectivity index (χ0) is 15.3. The van der Waals surface area contributed by atoms with Crippen molar-refractivity contribution in [3.63, 3.8) is 0 Å². The second-order valence-corrected chi connectivity index (χ2v) is 5.66. The summed E-state index contributed by atoms with van der Waals surface area (Å²) in [5.41, 5.74) is 0.480. The van der Waals surface area contributed by atoms with Crippen molar-refractivity contribution in [1.29, 1.82) is 0 Å². The molecule has 20 heavy (non-hydrogen) atoms. The highest BCUT2D eigenvalue weighted by molar-refractivity contribution is 5.50. The molecular formula is C15H24F2N2O. The molecule has 0 fully saturated rings. The summed E-state index contributed by atoms with van der Waals surface area (Å²) in [7, 11) is 1.56. The quantitative estimate of drug-likeness (QED) is 0.808. The highest BCUT2D eigenvalue weighted by Gasteiger charge is 2.16. The van der Waals surface area contributed by atoms with Crippen molar-refractivity contribution < 1.29 is 13.9 Å². The van der Waals surface area contributed by atoms with Gasteiger partial charge < -0.3 is 15.3 Å². The molecular weight excluding hydrogens is 262 g/mol. The molecule has 3 nitrogen and oxygen atoms in total. The smallest absolute Gasteiger partial charge is 0.149 e. The first-order valence-corrected chi connectivity index (χ1v) is 6.89. The van der Waals surface area contributed by atoms with Crippen LogP contribution in [-0.2, 0) is 6.54 Å². The van der Waals surface area contributed by atoms with Crippen molar-refractivity contribution in [3.05, 3.63) is 29.3 Å². The van der Waals surface area contributed by atoms with Gasteiger partial charge in [0.1, 0.15) is 17.3 Å². The molecule has 1 atom stereocenters. The van der Waals surface area contributed by atoms with Crippen LogP contribution in [0.3, 0.4) is 0 Å². The zero-order valence-electron chi connectivity index (χ0n) is 12.6. The summed E-state index contributed by atoms with van der Waals surface area (Å²) in [6.07, 6.45) is -0.647. The van der Waals surface area contributed by atoms with E-state index in [1.165, 1.54) is 17.0 Å². The Morgan fingerprint density at radius 2 is 1.75 bits per heavy atom. The van der Waals surface area contributed by atoms with E-state index in [1.807, 2.05) is 0 Å². The van der Waals surface area contributed by atoms with Crippen LogP contribution in [0.1, 0.15) is 26.3 Å². The van der Waals surface area contributed by atoms with Crippen molar-refractivity contribution in [1.82, 2.24) is 5.32 Å². The van der Waals surface area contributed by atoms with Crippen LogP contribution < -0.4 is 10.2 Å². The molecule has 0 aliphatic rings. The number of rotatable bonds is 7. The van der Waals surface area contributed by atoms with Gasteiger partial charge in [-0.25, -0.2) is 8.78 Å². The number of anilines is 1. The molecule has 0 bridgehead atoms. The van der Waals surface area contributed by atoms with Crippen LogP contribution in [0.4, 0.5) is 14.5 Å². The maximum atomic E-state index is 14.0. The lowest BCUT2D eigenvalue weighted by atomic mass is 10.1. The lowest BCUT2D eigenvalue weighted by Gasteiger charge is -2.22. The van der Waals surface area contributed by atoms with Gasteiger partial charge in [-0.1, -0.05) is 13.8 Å². The average molecular weight is 286 g/mol. The van der Waals surface area contributed by atoms with Gasteiger partial charge in [-0.15, -0.1) is 0 Å². The van der Waals surface area contributed by atoms with Crippen LogP contribution in [0.2, 0.25) is 0 Å². The Bertz CT molecular complexity index is 413. The fourth-order valence-corrected chi connectivity index (χ4v) is 2.08. The van der Waals surface area contributed by atoms with E-state index in [0.29, 0.717) is 18.0 Å². The first kappa shape index (κ1) is 16.9. The monoisotopic (exact) mass is 286 g/mol. The summed E-state index contributed by atoms with van der Waals surface area (Å²) in [6.45, 7) is 7.14. The maximum absolute atomic E-state index is 14.0.